The molecule has 0 spiro atoms. The highest BCUT2D eigenvalue weighted by Crippen LogP contribution is 2.29. The molecule has 5 nitrogen and oxygen atoms in total. The molecule has 5 heteroatoms. The van der Waals surface area contributed by atoms with Crippen molar-refractivity contribution in [2.75, 3.05) is 20.8 Å². The largest absolute Gasteiger partial charge is 0.493 e. The van der Waals surface area contributed by atoms with E-state index < -0.39 is 0 Å². The molecule has 0 aliphatic heterocycles. The van der Waals surface area contributed by atoms with Crippen LogP contribution >= 0.6 is 0 Å². The van der Waals surface area contributed by atoms with Crippen molar-refractivity contribution in [3.8, 4) is 17.2 Å². The molecule has 138 valence electrons. The van der Waals surface area contributed by atoms with Gasteiger partial charge in [-0.05, 0) is 60.6 Å². The van der Waals surface area contributed by atoms with Crippen molar-refractivity contribution in [1.82, 2.24) is 5.32 Å². The van der Waals surface area contributed by atoms with Gasteiger partial charge >= 0.3 is 0 Å². The summed E-state index contributed by atoms with van der Waals surface area (Å²) in [4.78, 5) is 12.1. The smallest absolute Gasteiger partial charge is 0.258 e. The average Bonchev–Trinajstić information content (AvgIpc) is 2.70. The van der Waals surface area contributed by atoms with Gasteiger partial charge in [-0.2, -0.15) is 0 Å². The lowest BCUT2D eigenvalue weighted by molar-refractivity contribution is -0.123. The fraction of sp³-hybridized carbons (Fsp3) is 0.381. The molecule has 1 aliphatic carbocycles. The van der Waals surface area contributed by atoms with Gasteiger partial charge in [0.2, 0.25) is 0 Å². The number of ether oxygens (including phenoxy) is 3. The number of benzene rings is 2. The zero-order chi connectivity index (χ0) is 18.4. The molecule has 2 aromatic carbocycles. The molecule has 0 bridgehead atoms. The number of methoxy groups -OCH3 is 2. The van der Waals surface area contributed by atoms with Gasteiger partial charge in [0.15, 0.2) is 18.1 Å². The van der Waals surface area contributed by atoms with E-state index in [-0.39, 0.29) is 12.5 Å². The van der Waals surface area contributed by atoms with Crippen LogP contribution < -0.4 is 19.5 Å². The second kappa shape index (κ2) is 8.61. The summed E-state index contributed by atoms with van der Waals surface area (Å²) in [5.74, 6) is 2.00. The molecule has 0 unspecified atom stereocenters. The van der Waals surface area contributed by atoms with Gasteiger partial charge in [0.1, 0.15) is 5.75 Å². The van der Waals surface area contributed by atoms with Crippen LogP contribution in [0.15, 0.2) is 36.4 Å². The summed E-state index contributed by atoms with van der Waals surface area (Å²) in [6, 6.07) is 11.7. The Kier molecular flexibility index (Phi) is 6.00. The maximum Gasteiger partial charge on any atom is 0.258 e. The highest BCUT2D eigenvalue weighted by molar-refractivity contribution is 5.77. The number of carbonyl (C=O) groups is 1. The van der Waals surface area contributed by atoms with E-state index in [1.807, 2.05) is 30.3 Å². The average molecular weight is 355 g/mol. The lowest BCUT2D eigenvalue weighted by Crippen LogP contribution is -2.28. The predicted molar refractivity (Wildman–Crippen MR) is 100.0 cm³/mol. The molecular weight excluding hydrogens is 330 g/mol. The minimum absolute atomic E-state index is 0.0176. The summed E-state index contributed by atoms with van der Waals surface area (Å²) in [7, 11) is 3.19. The highest BCUT2D eigenvalue weighted by Gasteiger charge is 2.14. The van der Waals surface area contributed by atoms with Crippen LogP contribution in [0, 0.1) is 0 Å². The molecule has 0 heterocycles. The predicted octanol–water partition coefficient (Wildman–Crippen LogP) is 3.28. The van der Waals surface area contributed by atoms with Crippen LogP contribution in [0.2, 0.25) is 0 Å². The van der Waals surface area contributed by atoms with Gasteiger partial charge < -0.3 is 19.5 Å². The molecule has 0 fully saturated rings. The van der Waals surface area contributed by atoms with E-state index in [0.717, 1.165) is 24.2 Å². The minimum Gasteiger partial charge on any atom is -0.493 e. The number of nitrogens with one attached hydrogen (secondary N) is 1. The molecule has 0 saturated heterocycles. The highest BCUT2D eigenvalue weighted by atomic mass is 16.5. The van der Waals surface area contributed by atoms with Crippen molar-refractivity contribution in [2.45, 2.75) is 32.2 Å². The summed E-state index contributed by atoms with van der Waals surface area (Å²) < 4.78 is 16.3. The Morgan fingerprint density at radius 3 is 2.62 bits per heavy atom. The lowest BCUT2D eigenvalue weighted by atomic mass is 9.91. The van der Waals surface area contributed by atoms with Gasteiger partial charge in [0, 0.05) is 6.54 Å². The topological polar surface area (TPSA) is 56.8 Å². The Bertz CT molecular complexity index is 773. The molecule has 2 aromatic rings. The number of carbonyl (C=O) groups excluding carboxylic acids is 1. The Labute approximate surface area is 154 Å². The van der Waals surface area contributed by atoms with E-state index in [2.05, 4.69) is 11.4 Å². The third-order valence-electron chi connectivity index (χ3n) is 4.65. The molecule has 3 rings (SSSR count). The Morgan fingerprint density at radius 2 is 1.81 bits per heavy atom. The third-order valence-corrected chi connectivity index (χ3v) is 4.65. The summed E-state index contributed by atoms with van der Waals surface area (Å²) >= 11 is 0. The first kappa shape index (κ1) is 18.1. The first-order valence-electron chi connectivity index (χ1n) is 8.92. The van der Waals surface area contributed by atoms with Gasteiger partial charge in [-0.1, -0.05) is 18.2 Å². The van der Waals surface area contributed by atoms with Crippen molar-refractivity contribution in [1.29, 1.82) is 0 Å². The third kappa shape index (κ3) is 4.28. The monoisotopic (exact) mass is 355 g/mol. The number of hydrogen-bond donors (Lipinski definition) is 1. The maximum atomic E-state index is 12.1. The molecule has 1 amide bonds. The van der Waals surface area contributed by atoms with Crippen molar-refractivity contribution in [3.05, 3.63) is 53.1 Å². The van der Waals surface area contributed by atoms with Gasteiger partial charge in [0.05, 0.1) is 14.2 Å². The van der Waals surface area contributed by atoms with Gasteiger partial charge in [-0.3, -0.25) is 4.79 Å². The van der Waals surface area contributed by atoms with Crippen LogP contribution in [0.5, 0.6) is 17.2 Å². The van der Waals surface area contributed by atoms with Crippen molar-refractivity contribution < 1.29 is 19.0 Å². The van der Waals surface area contributed by atoms with E-state index in [1.54, 1.807) is 14.2 Å². The van der Waals surface area contributed by atoms with E-state index in [9.17, 15) is 4.79 Å². The van der Waals surface area contributed by atoms with E-state index in [4.69, 9.17) is 14.2 Å². The Morgan fingerprint density at radius 1 is 1.00 bits per heavy atom. The molecular formula is C21H25NO4. The van der Waals surface area contributed by atoms with Gasteiger partial charge in [-0.25, -0.2) is 0 Å². The zero-order valence-electron chi connectivity index (χ0n) is 15.3. The summed E-state index contributed by atoms with van der Waals surface area (Å²) in [6.07, 6.45) is 4.53. The van der Waals surface area contributed by atoms with Crippen LogP contribution in [-0.4, -0.2) is 26.7 Å². The number of rotatable bonds is 7. The van der Waals surface area contributed by atoms with Crippen LogP contribution in [0.4, 0.5) is 0 Å². The van der Waals surface area contributed by atoms with Crippen molar-refractivity contribution >= 4 is 5.91 Å². The molecule has 0 atom stereocenters. The number of fused-ring (bicyclic) bond motifs is 1. The number of amides is 1. The van der Waals surface area contributed by atoms with Crippen molar-refractivity contribution in [3.63, 3.8) is 0 Å². The number of aryl methyl sites for hydroxylation is 1. The fourth-order valence-corrected chi connectivity index (χ4v) is 3.27. The van der Waals surface area contributed by atoms with E-state index >= 15 is 0 Å². The SMILES string of the molecule is COc1ccc(CNC(=O)COc2cccc3c2CCCC3)cc1OC. The summed E-state index contributed by atoms with van der Waals surface area (Å²) in [5, 5.41) is 2.88. The standard InChI is InChI=1S/C21H25NO4/c1-24-19-11-10-15(12-20(19)25-2)13-22-21(23)14-26-18-9-5-7-16-6-3-4-8-17(16)18/h5,7,9-12H,3-4,6,8,13-14H2,1-2H3,(H,22,23). The first-order valence-corrected chi connectivity index (χ1v) is 8.92. The molecule has 1 aliphatic rings. The first-order chi connectivity index (χ1) is 12.7. The molecule has 0 aromatic heterocycles. The van der Waals surface area contributed by atoms with E-state index in [1.165, 1.54) is 24.0 Å². The van der Waals surface area contributed by atoms with Crippen LogP contribution in [0.3, 0.4) is 0 Å². The molecule has 0 saturated carbocycles. The lowest BCUT2D eigenvalue weighted by Gasteiger charge is -2.19. The van der Waals surface area contributed by atoms with Gasteiger partial charge in [0.25, 0.3) is 5.91 Å². The second-order valence-electron chi connectivity index (χ2n) is 6.36. The van der Waals surface area contributed by atoms with Crippen LogP contribution in [-0.2, 0) is 24.2 Å². The maximum absolute atomic E-state index is 12.1. The normalized spacial score (nSPS) is 12.8. The van der Waals surface area contributed by atoms with Crippen LogP contribution in [0.1, 0.15) is 29.5 Å². The molecule has 1 N–H and O–H groups in total. The fourth-order valence-electron chi connectivity index (χ4n) is 3.27. The van der Waals surface area contributed by atoms with Gasteiger partial charge in [-0.15, -0.1) is 0 Å². The summed E-state index contributed by atoms with van der Waals surface area (Å²) in [6.45, 7) is 0.430. The second-order valence-corrected chi connectivity index (χ2v) is 6.36. The zero-order valence-corrected chi connectivity index (χ0v) is 15.3. The Balaban J connectivity index is 1.54. The summed E-state index contributed by atoms with van der Waals surface area (Å²) in [5.41, 5.74) is 3.54. The number of hydrogen-bond acceptors (Lipinski definition) is 4. The molecule has 26 heavy (non-hydrogen) atoms. The van der Waals surface area contributed by atoms with Crippen molar-refractivity contribution in [2.24, 2.45) is 0 Å². The van der Waals surface area contributed by atoms with Crippen LogP contribution in [0.25, 0.3) is 0 Å². The van der Waals surface area contributed by atoms with E-state index in [0.29, 0.717) is 18.0 Å². The molecule has 0 radical (unpaired) electrons. The Hall–Kier alpha value is -2.69. The minimum atomic E-state index is -0.145. The quantitative estimate of drug-likeness (QED) is 0.828.